The molecule has 0 N–H and O–H groups in total. The van der Waals surface area contributed by atoms with Crippen LogP contribution in [0.2, 0.25) is 0 Å². The summed E-state index contributed by atoms with van der Waals surface area (Å²) < 4.78 is 35.8. The summed E-state index contributed by atoms with van der Waals surface area (Å²) in [5, 5.41) is 0. The molecule has 4 heterocycles. The second-order valence-corrected chi connectivity index (χ2v) is 11.9. The Hall–Kier alpha value is -3.13. The Morgan fingerprint density at radius 3 is 2.48 bits per heavy atom. The normalized spacial score (nSPS) is 18.8. The smallest absolute Gasteiger partial charge is 0.178 e. The van der Waals surface area contributed by atoms with Gasteiger partial charge in [0, 0.05) is 28.9 Å². The van der Waals surface area contributed by atoms with Crippen molar-refractivity contribution in [3.8, 4) is 17.0 Å². The molecule has 1 aromatic carbocycles. The van der Waals surface area contributed by atoms with E-state index >= 15 is 8.78 Å². The molecule has 0 atom stereocenters. The van der Waals surface area contributed by atoms with Crippen LogP contribution in [0.3, 0.4) is 0 Å². The van der Waals surface area contributed by atoms with E-state index in [0.717, 1.165) is 31.6 Å². The summed E-state index contributed by atoms with van der Waals surface area (Å²) in [7, 11) is 2.19. The standard InChI is InChI=1S/C32H39F2N5O/c1-20(2)39-14-15-40-32-26(33)16-23(17-28(32)39)31-27(34)19-35-29(37-31)18-24-8-9-25(21-10-12-38(3)13-11-21)30(36-24)22-6-4-5-7-22/h8-9,16-17,19-22H,4-7,10-15,18H2,1-3H3. The van der Waals surface area contributed by atoms with Crippen molar-refractivity contribution in [2.24, 2.45) is 0 Å². The molecule has 0 radical (unpaired) electrons. The number of halogens is 2. The summed E-state index contributed by atoms with van der Waals surface area (Å²) in [6.07, 6.45) is 8.81. The predicted octanol–water partition coefficient (Wildman–Crippen LogP) is 6.48. The predicted molar refractivity (Wildman–Crippen MR) is 153 cm³/mol. The number of nitrogens with zero attached hydrogens (tertiary/aromatic N) is 5. The van der Waals surface area contributed by atoms with E-state index in [4.69, 9.17) is 9.72 Å². The van der Waals surface area contributed by atoms with Gasteiger partial charge < -0.3 is 14.5 Å². The van der Waals surface area contributed by atoms with Gasteiger partial charge >= 0.3 is 0 Å². The number of rotatable bonds is 6. The number of ether oxygens (including phenoxy) is 1. The van der Waals surface area contributed by atoms with Crippen molar-refractivity contribution in [2.75, 3.05) is 38.2 Å². The molecule has 0 amide bonds. The zero-order chi connectivity index (χ0) is 27.8. The molecule has 0 spiro atoms. The third-order valence-electron chi connectivity index (χ3n) is 8.86. The maximum absolute atomic E-state index is 15.1. The topological polar surface area (TPSA) is 54.4 Å². The van der Waals surface area contributed by atoms with E-state index in [0.29, 0.717) is 48.5 Å². The molecule has 6 nitrogen and oxygen atoms in total. The van der Waals surface area contributed by atoms with Crippen LogP contribution in [0.1, 0.15) is 87.0 Å². The van der Waals surface area contributed by atoms with Crippen molar-refractivity contribution in [3.05, 3.63) is 64.9 Å². The first-order chi connectivity index (χ1) is 19.4. The molecule has 1 saturated heterocycles. The van der Waals surface area contributed by atoms with Crippen molar-refractivity contribution in [1.29, 1.82) is 0 Å². The number of aromatic nitrogens is 3. The van der Waals surface area contributed by atoms with Gasteiger partial charge in [-0.3, -0.25) is 4.98 Å². The Labute approximate surface area is 235 Å². The number of likely N-dealkylation sites (tertiary alicyclic amines) is 1. The lowest BCUT2D eigenvalue weighted by molar-refractivity contribution is 0.254. The van der Waals surface area contributed by atoms with E-state index in [2.05, 4.69) is 38.9 Å². The van der Waals surface area contributed by atoms with Crippen LogP contribution in [-0.2, 0) is 6.42 Å². The van der Waals surface area contributed by atoms with E-state index < -0.39 is 11.6 Å². The summed E-state index contributed by atoms with van der Waals surface area (Å²) >= 11 is 0. The number of hydrogen-bond acceptors (Lipinski definition) is 6. The molecule has 2 aliphatic heterocycles. The van der Waals surface area contributed by atoms with Gasteiger partial charge in [-0.25, -0.2) is 18.7 Å². The molecule has 6 rings (SSSR count). The fourth-order valence-electron chi connectivity index (χ4n) is 6.65. The SMILES string of the molecule is CC(C)N1CCOc2c(F)cc(-c3nc(Cc4ccc(C5CCN(C)CC5)c(C5CCCC5)n4)ncc3F)cc21. The van der Waals surface area contributed by atoms with Gasteiger partial charge in [0.2, 0.25) is 0 Å². The third kappa shape index (κ3) is 5.42. The summed E-state index contributed by atoms with van der Waals surface area (Å²) in [6.45, 7) is 7.40. The zero-order valence-electron chi connectivity index (χ0n) is 23.8. The highest BCUT2D eigenvalue weighted by molar-refractivity contribution is 5.72. The van der Waals surface area contributed by atoms with Crippen LogP contribution in [0.25, 0.3) is 11.3 Å². The summed E-state index contributed by atoms with van der Waals surface area (Å²) in [5.74, 6) is 0.660. The third-order valence-corrected chi connectivity index (χ3v) is 8.86. The minimum absolute atomic E-state index is 0.0972. The van der Waals surface area contributed by atoms with E-state index in [1.165, 1.54) is 49.2 Å². The quantitative estimate of drug-likeness (QED) is 0.352. The van der Waals surface area contributed by atoms with Crippen molar-refractivity contribution in [1.82, 2.24) is 19.9 Å². The van der Waals surface area contributed by atoms with Crippen LogP contribution in [-0.4, -0.2) is 59.2 Å². The molecule has 0 bridgehead atoms. The highest BCUT2D eigenvalue weighted by atomic mass is 19.1. The van der Waals surface area contributed by atoms with Crippen molar-refractivity contribution in [2.45, 2.75) is 76.7 Å². The van der Waals surface area contributed by atoms with Crippen LogP contribution in [0, 0.1) is 11.6 Å². The molecule has 1 saturated carbocycles. The van der Waals surface area contributed by atoms with E-state index in [9.17, 15) is 0 Å². The Bertz CT molecular complexity index is 1370. The first-order valence-corrected chi connectivity index (χ1v) is 14.8. The minimum atomic E-state index is -0.576. The fourth-order valence-corrected chi connectivity index (χ4v) is 6.65. The molecule has 2 fully saturated rings. The molecule has 40 heavy (non-hydrogen) atoms. The molecule has 2 aromatic heterocycles. The van der Waals surface area contributed by atoms with E-state index in [1.807, 2.05) is 13.8 Å². The first kappa shape index (κ1) is 27.1. The number of benzene rings is 1. The lowest BCUT2D eigenvalue weighted by Crippen LogP contribution is -2.38. The molecular formula is C32H39F2N5O. The van der Waals surface area contributed by atoms with Gasteiger partial charge in [0.05, 0.1) is 24.8 Å². The molecule has 3 aliphatic rings. The van der Waals surface area contributed by atoms with Gasteiger partial charge in [0.1, 0.15) is 18.1 Å². The fraction of sp³-hybridized carbons (Fsp3) is 0.531. The van der Waals surface area contributed by atoms with E-state index in [1.54, 1.807) is 6.07 Å². The zero-order valence-corrected chi connectivity index (χ0v) is 23.8. The number of fused-ring (bicyclic) bond motifs is 1. The monoisotopic (exact) mass is 547 g/mol. The summed E-state index contributed by atoms with van der Waals surface area (Å²) in [6, 6.07) is 7.61. The first-order valence-electron chi connectivity index (χ1n) is 14.8. The van der Waals surface area contributed by atoms with Gasteiger partial charge in [-0.2, -0.15) is 0 Å². The van der Waals surface area contributed by atoms with Gasteiger partial charge in [0.25, 0.3) is 0 Å². The average Bonchev–Trinajstić information content (AvgIpc) is 3.49. The highest BCUT2D eigenvalue weighted by Crippen LogP contribution is 2.41. The lowest BCUT2D eigenvalue weighted by atomic mass is 9.84. The van der Waals surface area contributed by atoms with Crippen molar-refractivity contribution < 1.29 is 13.5 Å². The lowest BCUT2D eigenvalue weighted by Gasteiger charge is -2.34. The van der Waals surface area contributed by atoms with Gasteiger partial charge in [0.15, 0.2) is 17.4 Å². The molecule has 3 aromatic rings. The molecule has 0 unspecified atom stereocenters. The Balaban J connectivity index is 1.31. The second-order valence-electron chi connectivity index (χ2n) is 11.9. The number of piperidine rings is 1. The van der Waals surface area contributed by atoms with Gasteiger partial charge in [-0.15, -0.1) is 0 Å². The Kier molecular flexibility index (Phi) is 7.71. The maximum atomic E-state index is 15.1. The second kappa shape index (κ2) is 11.4. The number of anilines is 1. The highest BCUT2D eigenvalue weighted by Gasteiger charge is 2.28. The number of hydrogen-bond donors (Lipinski definition) is 0. The molecule has 212 valence electrons. The van der Waals surface area contributed by atoms with Crippen LogP contribution in [0.5, 0.6) is 5.75 Å². The minimum Gasteiger partial charge on any atom is -0.486 e. The summed E-state index contributed by atoms with van der Waals surface area (Å²) in [4.78, 5) is 18.6. The van der Waals surface area contributed by atoms with Crippen LogP contribution in [0.4, 0.5) is 14.5 Å². The van der Waals surface area contributed by atoms with Gasteiger partial charge in [-0.1, -0.05) is 18.9 Å². The van der Waals surface area contributed by atoms with Crippen LogP contribution < -0.4 is 9.64 Å². The van der Waals surface area contributed by atoms with Crippen molar-refractivity contribution in [3.63, 3.8) is 0 Å². The van der Waals surface area contributed by atoms with Crippen LogP contribution >= 0.6 is 0 Å². The molecular weight excluding hydrogens is 508 g/mol. The molecule has 1 aliphatic carbocycles. The number of pyridine rings is 1. The summed E-state index contributed by atoms with van der Waals surface area (Å²) in [5.41, 5.74) is 4.66. The Morgan fingerprint density at radius 1 is 0.950 bits per heavy atom. The Morgan fingerprint density at radius 2 is 1.73 bits per heavy atom. The van der Waals surface area contributed by atoms with Crippen LogP contribution in [0.15, 0.2) is 30.5 Å². The maximum Gasteiger partial charge on any atom is 0.178 e. The molecule has 8 heteroatoms. The van der Waals surface area contributed by atoms with E-state index in [-0.39, 0.29) is 17.5 Å². The average molecular weight is 548 g/mol. The van der Waals surface area contributed by atoms with Crippen molar-refractivity contribution >= 4 is 5.69 Å². The largest absolute Gasteiger partial charge is 0.486 e. The van der Waals surface area contributed by atoms with Gasteiger partial charge in [-0.05, 0) is 89.3 Å².